The number of Topliss-reactive ketones (excluding diaryl/α,β-unsaturated/α-hetero) is 1. The first kappa shape index (κ1) is 12.7. The monoisotopic (exact) mass is 243 g/mol. The topological polar surface area (TPSA) is 39.2 Å². The Hall–Kier alpha value is -1.74. The minimum Gasteiger partial charge on any atom is -0.385 e. The molecule has 0 aliphatic carbocycles. The number of ketones is 1. The summed E-state index contributed by atoms with van der Waals surface area (Å²) in [5.41, 5.74) is 2.53. The average Bonchev–Trinajstić information content (AvgIpc) is 2.38. The van der Waals surface area contributed by atoms with E-state index >= 15 is 0 Å². The number of hydrogen-bond acceptors (Lipinski definition) is 3. The number of benzene rings is 1. The van der Waals surface area contributed by atoms with Gasteiger partial charge in [-0.25, -0.2) is 0 Å². The predicted molar refractivity (Wildman–Crippen MR) is 71.9 cm³/mol. The largest absolute Gasteiger partial charge is 0.385 e. The molecule has 0 radical (unpaired) electrons. The molecule has 0 unspecified atom stereocenters. The van der Waals surface area contributed by atoms with Gasteiger partial charge >= 0.3 is 0 Å². The number of para-hydroxylation sites is 1. The van der Waals surface area contributed by atoms with Crippen LogP contribution in [0, 0.1) is 6.92 Å². The fourth-order valence-electron chi connectivity index (χ4n) is 2.05. The van der Waals surface area contributed by atoms with Crippen LogP contribution in [-0.4, -0.2) is 24.5 Å². The summed E-state index contributed by atoms with van der Waals surface area (Å²) in [4.78, 5) is 16.6. The lowest BCUT2D eigenvalue weighted by Crippen LogP contribution is -2.03. The number of fused-ring (bicyclic) bond motifs is 1. The zero-order chi connectivity index (χ0) is 13.0. The van der Waals surface area contributed by atoms with Crippen LogP contribution in [0.5, 0.6) is 0 Å². The van der Waals surface area contributed by atoms with Crippen molar-refractivity contribution >= 4 is 16.7 Å². The van der Waals surface area contributed by atoms with E-state index in [2.05, 4.69) is 4.98 Å². The van der Waals surface area contributed by atoms with Crippen molar-refractivity contribution in [2.45, 2.75) is 19.8 Å². The molecule has 1 aromatic carbocycles. The van der Waals surface area contributed by atoms with Crippen molar-refractivity contribution in [2.75, 3.05) is 13.7 Å². The number of aromatic nitrogens is 1. The molecule has 18 heavy (non-hydrogen) atoms. The highest BCUT2D eigenvalue weighted by atomic mass is 16.5. The van der Waals surface area contributed by atoms with Gasteiger partial charge in [-0.3, -0.25) is 9.78 Å². The number of aryl methyl sites for hydroxylation is 1. The fourth-order valence-corrected chi connectivity index (χ4v) is 2.05. The highest BCUT2D eigenvalue weighted by Gasteiger charge is 2.11. The number of nitrogens with zero attached hydrogens (tertiary/aromatic N) is 1. The maximum Gasteiger partial charge on any atom is 0.163 e. The lowest BCUT2D eigenvalue weighted by molar-refractivity contribution is 0.0965. The summed E-state index contributed by atoms with van der Waals surface area (Å²) in [5.74, 6) is 0.161. The van der Waals surface area contributed by atoms with E-state index in [-0.39, 0.29) is 5.78 Å². The van der Waals surface area contributed by atoms with Crippen LogP contribution in [-0.2, 0) is 4.74 Å². The van der Waals surface area contributed by atoms with Crippen LogP contribution < -0.4 is 0 Å². The van der Waals surface area contributed by atoms with E-state index in [9.17, 15) is 4.79 Å². The molecule has 3 heteroatoms. The lowest BCUT2D eigenvalue weighted by atomic mass is 10.0. The van der Waals surface area contributed by atoms with Gasteiger partial charge in [-0.2, -0.15) is 0 Å². The molecule has 94 valence electrons. The summed E-state index contributed by atoms with van der Waals surface area (Å²) in [7, 11) is 1.65. The van der Waals surface area contributed by atoms with Gasteiger partial charge in [0.2, 0.25) is 0 Å². The van der Waals surface area contributed by atoms with Gasteiger partial charge < -0.3 is 4.74 Å². The molecule has 0 aliphatic heterocycles. The summed E-state index contributed by atoms with van der Waals surface area (Å²) < 4.78 is 4.97. The number of ether oxygens (including phenoxy) is 1. The minimum absolute atomic E-state index is 0.161. The molecule has 2 aromatic rings. The SMILES string of the molecule is COCCCC(=O)c1cc(C)nc2ccccc12. The van der Waals surface area contributed by atoms with Crippen LogP contribution in [0.25, 0.3) is 10.9 Å². The first-order valence-corrected chi connectivity index (χ1v) is 6.11. The summed E-state index contributed by atoms with van der Waals surface area (Å²) in [6.45, 7) is 2.53. The minimum atomic E-state index is 0.161. The van der Waals surface area contributed by atoms with Crippen molar-refractivity contribution in [2.24, 2.45) is 0 Å². The summed E-state index contributed by atoms with van der Waals surface area (Å²) in [5, 5.41) is 0.936. The molecule has 0 N–H and O–H groups in total. The van der Waals surface area contributed by atoms with Gasteiger partial charge in [-0.15, -0.1) is 0 Å². The zero-order valence-electron chi connectivity index (χ0n) is 10.8. The number of hydrogen-bond donors (Lipinski definition) is 0. The van der Waals surface area contributed by atoms with Gasteiger partial charge in [-0.1, -0.05) is 18.2 Å². The van der Waals surface area contributed by atoms with Crippen molar-refractivity contribution in [3.05, 3.63) is 41.6 Å². The quantitative estimate of drug-likeness (QED) is 0.598. The third-order valence-corrected chi connectivity index (χ3v) is 2.90. The van der Waals surface area contributed by atoms with Crippen LogP contribution in [0.4, 0.5) is 0 Å². The molecule has 3 nitrogen and oxygen atoms in total. The van der Waals surface area contributed by atoms with E-state index in [0.717, 1.165) is 28.6 Å². The van der Waals surface area contributed by atoms with E-state index in [4.69, 9.17) is 4.74 Å². The molecular weight excluding hydrogens is 226 g/mol. The Kier molecular flexibility index (Phi) is 4.05. The summed E-state index contributed by atoms with van der Waals surface area (Å²) >= 11 is 0. The molecule has 1 heterocycles. The van der Waals surface area contributed by atoms with Crippen LogP contribution in [0.15, 0.2) is 30.3 Å². The number of carbonyl (C=O) groups excluding carboxylic acids is 1. The summed E-state index contributed by atoms with van der Waals surface area (Å²) in [6.07, 6.45) is 1.27. The molecule has 1 aromatic heterocycles. The third-order valence-electron chi connectivity index (χ3n) is 2.90. The normalized spacial score (nSPS) is 10.8. The van der Waals surface area contributed by atoms with E-state index in [1.54, 1.807) is 7.11 Å². The Morgan fingerprint density at radius 3 is 2.89 bits per heavy atom. The number of pyridine rings is 1. The number of methoxy groups -OCH3 is 1. The van der Waals surface area contributed by atoms with Crippen molar-refractivity contribution in [1.29, 1.82) is 0 Å². The van der Waals surface area contributed by atoms with E-state index < -0.39 is 0 Å². The molecule has 0 saturated carbocycles. The Morgan fingerprint density at radius 2 is 2.11 bits per heavy atom. The van der Waals surface area contributed by atoms with E-state index in [1.807, 2.05) is 37.3 Å². The second kappa shape index (κ2) is 5.74. The molecule has 0 atom stereocenters. The molecule has 0 spiro atoms. The average molecular weight is 243 g/mol. The Bertz CT molecular complexity index is 563. The number of carbonyl (C=O) groups is 1. The van der Waals surface area contributed by atoms with Gasteiger partial charge in [0.25, 0.3) is 0 Å². The van der Waals surface area contributed by atoms with Crippen molar-refractivity contribution in [3.8, 4) is 0 Å². The van der Waals surface area contributed by atoms with Crippen LogP contribution >= 0.6 is 0 Å². The van der Waals surface area contributed by atoms with E-state index in [1.165, 1.54) is 0 Å². The smallest absolute Gasteiger partial charge is 0.163 e. The van der Waals surface area contributed by atoms with Crippen LogP contribution in [0.2, 0.25) is 0 Å². The standard InChI is InChI=1S/C15H17NO2/c1-11-10-13(15(17)8-5-9-18-2)12-6-3-4-7-14(12)16-11/h3-4,6-7,10H,5,8-9H2,1-2H3. The Morgan fingerprint density at radius 1 is 1.33 bits per heavy atom. The predicted octanol–water partition coefficient (Wildman–Crippen LogP) is 3.15. The zero-order valence-corrected chi connectivity index (χ0v) is 10.8. The van der Waals surface area contributed by atoms with Gasteiger partial charge in [0.1, 0.15) is 0 Å². The third kappa shape index (κ3) is 2.74. The Balaban J connectivity index is 2.34. The van der Waals surface area contributed by atoms with Gasteiger partial charge in [0, 0.05) is 36.8 Å². The fraction of sp³-hybridized carbons (Fsp3) is 0.333. The first-order valence-electron chi connectivity index (χ1n) is 6.11. The molecular formula is C15H17NO2. The number of rotatable bonds is 5. The van der Waals surface area contributed by atoms with Crippen LogP contribution in [0.3, 0.4) is 0 Å². The maximum absolute atomic E-state index is 12.2. The first-order chi connectivity index (χ1) is 8.72. The summed E-state index contributed by atoms with van der Waals surface area (Å²) in [6, 6.07) is 9.64. The van der Waals surface area contributed by atoms with Gasteiger partial charge in [0.05, 0.1) is 5.52 Å². The molecule has 2 rings (SSSR count). The second-order valence-electron chi connectivity index (χ2n) is 4.35. The van der Waals surface area contributed by atoms with Gasteiger partial charge in [-0.05, 0) is 25.5 Å². The molecule has 0 aliphatic rings. The van der Waals surface area contributed by atoms with Crippen LogP contribution in [0.1, 0.15) is 28.9 Å². The lowest BCUT2D eigenvalue weighted by Gasteiger charge is -2.07. The molecule has 0 fully saturated rings. The van der Waals surface area contributed by atoms with Gasteiger partial charge in [0.15, 0.2) is 5.78 Å². The van der Waals surface area contributed by atoms with Crippen molar-refractivity contribution in [1.82, 2.24) is 4.98 Å². The van der Waals surface area contributed by atoms with Crippen molar-refractivity contribution in [3.63, 3.8) is 0 Å². The van der Waals surface area contributed by atoms with E-state index in [0.29, 0.717) is 13.0 Å². The molecule has 0 bridgehead atoms. The molecule has 0 saturated heterocycles. The second-order valence-corrected chi connectivity index (χ2v) is 4.35. The molecule has 0 amide bonds. The maximum atomic E-state index is 12.2. The highest BCUT2D eigenvalue weighted by molar-refractivity contribution is 6.07. The van der Waals surface area contributed by atoms with Crippen molar-refractivity contribution < 1.29 is 9.53 Å². The highest BCUT2D eigenvalue weighted by Crippen LogP contribution is 2.20. The Labute approximate surface area is 107 Å².